The maximum absolute atomic E-state index is 6.06. The van der Waals surface area contributed by atoms with E-state index < -0.39 is 0 Å². The zero-order chi connectivity index (χ0) is 10.6. The lowest BCUT2D eigenvalue weighted by molar-refractivity contribution is -0.0276. The molecule has 0 N–H and O–H groups in total. The maximum Gasteiger partial charge on any atom is 0.109 e. The highest BCUT2D eigenvalue weighted by Crippen LogP contribution is 2.28. The van der Waals surface area contributed by atoms with E-state index in [4.69, 9.17) is 21.1 Å². The Morgan fingerprint density at radius 1 is 1.14 bits per heavy atom. The molecule has 0 aliphatic rings. The number of rotatable bonds is 4. The number of methoxy groups -OCH3 is 2. The highest BCUT2D eigenvalue weighted by molar-refractivity contribution is 6.31. The van der Waals surface area contributed by atoms with Gasteiger partial charge in [-0.1, -0.05) is 29.8 Å². The van der Waals surface area contributed by atoms with Crippen molar-refractivity contribution >= 4 is 11.6 Å². The van der Waals surface area contributed by atoms with Crippen LogP contribution in [0.4, 0.5) is 0 Å². The predicted octanol–water partition coefficient (Wildman–Crippen LogP) is 3.06. The first-order valence-electron chi connectivity index (χ1n) is 4.50. The molecule has 0 aromatic heterocycles. The van der Waals surface area contributed by atoms with E-state index >= 15 is 0 Å². The minimum Gasteiger partial charge on any atom is -0.379 e. The second kappa shape index (κ2) is 5.35. The van der Waals surface area contributed by atoms with Crippen molar-refractivity contribution in [1.82, 2.24) is 0 Å². The summed E-state index contributed by atoms with van der Waals surface area (Å²) in [6.45, 7) is 1.96. The molecule has 2 nitrogen and oxygen atoms in total. The molecule has 0 aliphatic carbocycles. The highest BCUT2D eigenvalue weighted by atomic mass is 35.5. The Morgan fingerprint density at radius 2 is 1.79 bits per heavy atom. The first kappa shape index (κ1) is 11.5. The maximum atomic E-state index is 6.06. The van der Waals surface area contributed by atoms with Gasteiger partial charge in [0, 0.05) is 24.8 Å². The van der Waals surface area contributed by atoms with Crippen LogP contribution in [0.3, 0.4) is 0 Å². The van der Waals surface area contributed by atoms with Gasteiger partial charge in [0.25, 0.3) is 0 Å². The standard InChI is InChI=1S/C11H15ClO2/c1-8(13-2)11(14-3)9-6-4-5-7-10(9)12/h4-8,11H,1-3H3. The molecule has 0 saturated carbocycles. The zero-order valence-corrected chi connectivity index (χ0v) is 9.41. The van der Waals surface area contributed by atoms with Crippen LogP contribution in [0.25, 0.3) is 0 Å². The van der Waals surface area contributed by atoms with E-state index in [9.17, 15) is 0 Å². The van der Waals surface area contributed by atoms with E-state index in [1.54, 1.807) is 14.2 Å². The third-order valence-electron chi connectivity index (χ3n) is 2.26. The Labute approximate surface area is 89.8 Å². The average Bonchev–Trinajstić information content (AvgIpc) is 2.21. The largest absolute Gasteiger partial charge is 0.379 e. The molecule has 14 heavy (non-hydrogen) atoms. The number of ether oxygens (including phenoxy) is 2. The minimum atomic E-state index is -0.117. The molecule has 1 aromatic rings. The number of benzene rings is 1. The van der Waals surface area contributed by atoms with E-state index in [0.717, 1.165) is 5.56 Å². The van der Waals surface area contributed by atoms with Crippen molar-refractivity contribution in [3.63, 3.8) is 0 Å². The SMILES string of the molecule is COC(C)C(OC)c1ccccc1Cl. The summed E-state index contributed by atoms with van der Waals surface area (Å²) in [6.07, 6.45) is -0.131. The van der Waals surface area contributed by atoms with Gasteiger partial charge in [-0.25, -0.2) is 0 Å². The van der Waals surface area contributed by atoms with Crippen LogP contribution in [0, 0.1) is 0 Å². The van der Waals surface area contributed by atoms with E-state index in [2.05, 4.69) is 0 Å². The van der Waals surface area contributed by atoms with Crippen molar-refractivity contribution < 1.29 is 9.47 Å². The molecule has 1 aromatic carbocycles. The molecule has 1 rings (SSSR count). The molecule has 0 saturated heterocycles. The van der Waals surface area contributed by atoms with Gasteiger partial charge in [0.2, 0.25) is 0 Å². The summed E-state index contributed by atoms with van der Waals surface area (Å²) in [6, 6.07) is 7.64. The van der Waals surface area contributed by atoms with Crippen molar-refractivity contribution in [2.24, 2.45) is 0 Å². The summed E-state index contributed by atoms with van der Waals surface area (Å²) in [7, 11) is 3.32. The Balaban J connectivity index is 2.94. The van der Waals surface area contributed by atoms with Crippen molar-refractivity contribution in [2.45, 2.75) is 19.1 Å². The van der Waals surface area contributed by atoms with Crippen LogP contribution in [-0.4, -0.2) is 20.3 Å². The molecule has 2 unspecified atom stereocenters. The molecule has 2 atom stereocenters. The van der Waals surface area contributed by atoms with E-state index in [1.807, 2.05) is 31.2 Å². The van der Waals surface area contributed by atoms with E-state index in [1.165, 1.54) is 0 Å². The van der Waals surface area contributed by atoms with Crippen LogP contribution in [0.1, 0.15) is 18.6 Å². The van der Waals surface area contributed by atoms with Gasteiger partial charge in [-0.2, -0.15) is 0 Å². The van der Waals surface area contributed by atoms with Crippen LogP contribution < -0.4 is 0 Å². The number of hydrogen-bond acceptors (Lipinski definition) is 2. The van der Waals surface area contributed by atoms with Gasteiger partial charge in [-0.15, -0.1) is 0 Å². The third kappa shape index (κ3) is 2.47. The predicted molar refractivity (Wildman–Crippen MR) is 57.7 cm³/mol. The smallest absolute Gasteiger partial charge is 0.109 e. The lowest BCUT2D eigenvalue weighted by Gasteiger charge is -2.22. The van der Waals surface area contributed by atoms with Crippen LogP contribution in [0.2, 0.25) is 5.02 Å². The summed E-state index contributed by atoms with van der Waals surface area (Å²) in [5.74, 6) is 0. The van der Waals surface area contributed by atoms with Crippen molar-refractivity contribution in [1.29, 1.82) is 0 Å². The zero-order valence-electron chi connectivity index (χ0n) is 8.66. The molecular weight excluding hydrogens is 200 g/mol. The van der Waals surface area contributed by atoms with Gasteiger partial charge in [0.05, 0.1) is 6.10 Å². The van der Waals surface area contributed by atoms with Gasteiger partial charge >= 0.3 is 0 Å². The Hall–Kier alpha value is -0.570. The highest BCUT2D eigenvalue weighted by Gasteiger charge is 2.20. The van der Waals surface area contributed by atoms with Crippen LogP contribution in [0.15, 0.2) is 24.3 Å². The molecule has 0 bridgehead atoms. The lowest BCUT2D eigenvalue weighted by atomic mass is 10.1. The first-order chi connectivity index (χ1) is 6.70. The Morgan fingerprint density at radius 3 is 2.29 bits per heavy atom. The van der Waals surface area contributed by atoms with E-state index in [0.29, 0.717) is 5.02 Å². The van der Waals surface area contributed by atoms with Gasteiger partial charge in [0.15, 0.2) is 0 Å². The molecule has 0 radical (unpaired) electrons. The fourth-order valence-corrected chi connectivity index (χ4v) is 1.64. The second-order valence-electron chi connectivity index (χ2n) is 3.12. The van der Waals surface area contributed by atoms with Crippen molar-refractivity contribution in [3.8, 4) is 0 Å². The van der Waals surface area contributed by atoms with Gasteiger partial charge < -0.3 is 9.47 Å². The van der Waals surface area contributed by atoms with Gasteiger partial charge in [-0.05, 0) is 13.0 Å². The Kier molecular flexibility index (Phi) is 4.39. The quantitative estimate of drug-likeness (QED) is 0.767. The molecule has 0 aliphatic heterocycles. The molecular formula is C11H15ClO2. The minimum absolute atomic E-state index is 0.0140. The van der Waals surface area contributed by atoms with Crippen molar-refractivity contribution in [2.75, 3.05) is 14.2 Å². The van der Waals surface area contributed by atoms with E-state index in [-0.39, 0.29) is 12.2 Å². The molecule has 0 spiro atoms. The topological polar surface area (TPSA) is 18.5 Å². The second-order valence-corrected chi connectivity index (χ2v) is 3.53. The molecule has 3 heteroatoms. The van der Waals surface area contributed by atoms with Crippen molar-refractivity contribution in [3.05, 3.63) is 34.9 Å². The fourth-order valence-electron chi connectivity index (χ4n) is 1.40. The molecule has 0 fully saturated rings. The first-order valence-corrected chi connectivity index (χ1v) is 4.88. The number of hydrogen-bond donors (Lipinski definition) is 0. The summed E-state index contributed by atoms with van der Waals surface area (Å²) >= 11 is 6.06. The third-order valence-corrected chi connectivity index (χ3v) is 2.61. The summed E-state index contributed by atoms with van der Waals surface area (Å²) in [4.78, 5) is 0. The summed E-state index contributed by atoms with van der Waals surface area (Å²) < 4.78 is 10.6. The van der Waals surface area contributed by atoms with Crippen LogP contribution in [-0.2, 0) is 9.47 Å². The summed E-state index contributed by atoms with van der Waals surface area (Å²) in [5, 5.41) is 0.711. The monoisotopic (exact) mass is 214 g/mol. The molecule has 78 valence electrons. The van der Waals surface area contributed by atoms with Crippen LogP contribution >= 0.6 is 11.6 Å². The summed E-state index contributed by atoms with van der Waals surface area (Å²) in [5.41, 5.74) is 0.964. The normalized spacial score (nSPS) is 15.1. The Bertz CT molecular complexity index is 288. The fraction of sp³-hybridized carbons (Fsp3) is 0.455. The average molecular weight is 215 g/mol. The molecule has 0 amide bonds. The molecule has 0 heterocycles. The van der Waals surface area contributed by atoms with Gasteiger partial charge in [0.1, 0.15) is 6.10 Å². The lowest BCUT2D eigenvalue weighted by Crippen LogP contribution is -2.19. The van der Waals surface area contributed by atoms with Crippen LogP contribution in [0.5, 0.6) is 0 Å². The van der Waals surface area contributed by atoms with Gasteiger partial charge in [-0.3, -0.25) is 0 Å². The number of halogens is 1.